The van der Waals surface area contributed by atoms with Gasteiger partial charge in [-0.1, -0.05) is 0 Å². The molecule has 0 aliphatic heterocycles. The molecule has 0 aliphatic carbocycles. The summed E-state index contributed by atoms with van der Waals surface area (Å²) in [4.78, 5) is 28.2. The third-order valence-electron chi connectivity index (χ3n) is 2.18. The normalized spacial score (nSPS) is 10.5. The summed E-state index contributed by atoms with van der Waals surface area (Å²) in [6.45, 7) is 0. The Morgan fingerprint density at radius 2 is 2.19 bits per heavy atom. The van der Waals surface area contributed by atoms with E-state index in [0.29, 0.717) is 5.52 Å². The SMILES string of the molecule is O=C(O)Cc1cc2c(=O)[nH]cnc2cc1O. The number of carbonyl (C=O) groups is 1. The van der Waals surface area contributed by atoms with Crippen LogP contribution in [0.4, 0.5) is 0 Å². The van der Waals surface area contributed by atoms with Crippen LogP contribution < -0.4 is 5.56 Å². The van der Waals surface area contributed by atoms with Crippen molar-refractivity contribution in [1.29, 1.82) is 0 Å². The standard InChI is InChI=1S/C10H8N2O4/c13-8-3-7-6(10(16)12-4-11-7)1-5(8)2-9(14)15/h1,3-4,13H,2H2,(H,14,15)(H,11,12,16). The van der Waals surface area contributed by atoms with Crippen LogP contribution in [0, 0.1) is 0 Å². The van der Waals surface area contributed by atoms with E-state index in [1.54, 1.807) is 0 Å². The molecule has 0 bridgehead atoms. The van der Waals surface area contributed by atoms with Gasteiger partial charge in [-0.2, -0.15) is 0 Å². The summed E-state index contributed by atoms with van der Waals surface area (Å²) in [6.07, 6.45) is 0.886. The number of H-pyrrole nitrogens is 1. The van der Waals surface area contributed by atoms with Crippen molar-refractivity contribution in [3.8, 4) is 5.75 Å². The van der Waals surface area contributed by atoms with Crippen molar-refractivity contribution >= 4 is 16.9 Å². The Labute approximate surface area is 89.2 Å². The van der Waals surface area contributed by atoms with Gasteiger partial charge >= 0.3 is 5.97 Å². The molecule has 82 valence electrons. The zero-order chi connectivity index (χ0) is 11.7. The number of aliphatic carboxylic acids is 1. The highest BCUT2D eigenvalue weighted by molar-refractivity contribution is 5.82. The van der Waals surface area contributed by atoms with Crippen LogP contribution in [0.25, 0.3) is 10.9 Å². The highest BCUT2D eigenvalue weighted by atomic mass is 16.4. The van der Waals surface area contributed by atoms with Crippen molar-refractivity contribution in [2.75, 3.05) is 0 Å². The summed E-state index contributed by atoms with van der Waals surface area (Å²) in [5, 5.41) is 18.4. The predicted molar refractivity (Wildman–Crippen MR) is 55.4 cm³/mol. The lowest BCUT2D eigenvalue weighted by atomic mass is 10.1. The van der Waals surface area contributed by atoms with Crippen molar-refractivity contribution in [2.45, 2.75) is 6.42 Å². The number of aromatic nitrogens is 2. The van der Waals surface area contributed by atoms with Crippen LogP contribution >= 0.6 is 0 Å². The molecule has 0 unspecified atom stereocenters. The van der Waals surface area contributed by atoms with Crippen molar-refractivity contribution in [3.63, 3.8) is 0 Å². The Morgan fingerprint density at radius 1 is 1.44 bits per heavy atom. The van der Waals surface area contributed by atoms with Crippen molar-refractivity contribution in [1.82, 2.24) is 9.97 Å². The fourth-order valence-corrected chi connectivity index (χ4v) is 1.45. The van der Waals surface area contributed by atoms with Crippen molar-refractivity contribution in [2.24, 2.45) is 0 Å². The molecule has 0 atom stereocenters. The van der Waals surface area contributed by atoms with E-state index in [1.165, 1.54) is 18.5 Å². The molecule has 0 aliphatic rings. The van der Waals surface area contributed by atoms with E-state index in [2.05, 4.69) is 9.97 Å². The molecule has 3 N–H and O–H groups in total. The van der Waals surface area contributed by atoms with Crippen LogP contribution in [0.2, 0.25) is 0 Å². The van der Waals surface area contributed by atoms with Gasteiger partial charge in [-0.15, -0.1) is 0 Å². The summed E-state index contributed by atoms with van der Waals surface area (Å²) in [5.74, 6) is -1.25. The molecule has 1 aromatic carbocycles. The lowest BCUT2D eigenvalue weighted by Crippen LogP contribution is -2.08. The summed E-state index contributed by atoms with van der Waals surface area (Å²) in [6, 6.07) is 2.62. The van der Waals surface area contributed by atoms with E-state index in [-0.39, 0.29) is 28.7 Å². The first-order valence-corrected chi connectivity index (χ1v) is 4.49. The molecule has 0 amide bonds. The number of carboxylic acids is 1. The van der Waals surface area contributed by atoms with Gasteiger partial charge in [-0.3, -0.25) is 9.59 Å². The lowest BCUT2D eigenvalue weighted by Gasteiger charge is -2.03. The number of hydrogen-bond acceptors (Lipinski definition) is 4. The van der Waals surface area contributed by atoms with Crippen LogP contribution in [0.3, 0.4) is 0 Å². The zero-order valence-electron chi connectivity index (χ0n) is 8.10. The predicted octanol–water partition coefficient (Wildman–Crippen LogP) is 0.256. The Morgan fingerprint density at radius 3 is 2.88 bits per heavy atom. The monoisotopic (exact) mass is 220 g/mol. The number of aromatic hydroxyl groups is 1. The molecule has 0 saturated carbocycles. The molecule has 6 nitrogen and oxygen atoms in total. The van der Waals surface area contributed by atoms with Gasteiger partial charge < -0.3 is 15.2 Å². The lowest BCUT2D eigenvalue weighted by molar-refractivity contribution is -0.136. The number of fused-ring (bicyclic) bond motifs is 1. The van der Waals surface area contributed by atoms with Crippen LogP contribution in [0.1, 0.15) is 5.56 Å². The second-order valence-electron chi connectivity index (χ2n) is 3.30. The van der Waals surface area contributed by atoms with E-state index >= 15 is 0 Å². The number of phenolic OH excluding ortho intramolecular Hbond substituents is 1. The largest absolute Gasteiger partial charge is 0.508 e. The number of benzene rings is 1. The average molecular weight is 220 g/mol. The maximum atomic E-state index is 11.4. The molecule has 0 radical (unpaired) electrons. The molecule has 16 heavy (non-hydrogen) atoms. The first kappa shape index (κ1) is 10.2. The molecule has 0 spiro atoms. The van der Waals surface area contributed by atoms with Gasteiger partial charge in [-0.05, 0) is 6.07 Å². The summed E-state index contributed by atoms with van der Waals surface area (Å²) in [7, 11) is 0. The van der Waals surface area contributed by atoms with Gasteiger partial charge in [0.1, 0.15) is 5.75 Å². The first-order valence-electron chi connectivity index (χ1n) is 4.49. The Bertz CT molecular complexity index is 618. The number of nitrogens with zero attached hydrogens (tertiary/aromatic N) is 1. The quantitative estimate of drug-likeness (QED) is 0.673. The maximum Gasteiger partial charge on any atom is 0.307 e. The van der Waals surface area contributed by atoms with Crippen LogP contribution in [-0.2, 0) is 11.2 Å². The van der Waals surface area contributed by atoms with Gasteiger partial charge in [-0.25, -0.2) is 4.98 Å². The number of hydrogen-bond donors (Lipinski definition) is 3. The van der Waals surface area contributed by atoms with E-state index < -0.39 is 5.97 Å². The highest BCUT2D eigenvalue weighted by Crippen LogP contribution is 2.21. The summed E-state index contributed by atoms with van der Waals surface area (Å²) in [5.41, 5.74) is 0.158. The van der Waals surface area contributed by atoms with E-state index in [0.717, 1.165) is 0 Å². The fourth-order valence-electron chi connectivity index (χ4n) is 1.45. The summed E-state index contributed by atoms with van der Waals surface area (Å²) >= 11 is 0. The second-order valence-corrected chi connectivity index (χ2v) is 3.30. The molecule has 1 heterocycles. The molecule has 6 heteroatoms. The third-order valence-corrected chi connectivity index (χ3v) is 2.18. The van der Waals surface area contributed by atoms with Crippen LogP contribution in [0.5, 0.6) is 5.75 Å². The Kier molecular flexibility index (Phi) is 2.32. The van der Waals surface area contributed by atoms with E-state index in [1.807, 2.05) is 0 Å². The van der Waals surface area contributed by atoms with Gasteiger partial charge in [0.2, 0.25) is 0 Å². The number of aromatic amines is 1. The van der Waals surface area contributed by atoms with Gasteiger partial charge in [0, 0.05) is 11.6 Å². The van der Waals surface area contributed by atoms with Crippen molar-refractivity contribution < 1.29 is 15.0 Å². The number of nitrogens with one attached hydrogen (secondary N) is 1. The number of phenols is 1. The van der Waals surface area contributed by atoms with Crippen LogP contribution in [0.15, 0.2) is 23.3 Å². The zero-order valence-corrected chi connectivity index (χ0v) is 8.10. The third kappa shape index (κ3) is 1.72. The summed E-state index contributed by atoms with van der Waals surface area (Å²) < 4.78 is 0. The molecule has 0 fully saturated rings. The van der Waals surface area contributed by atoms with Crippen molar-refractivity contribution in [3.05, 3.63) is 34.4 Å². The maximum absolute atomic E-state index is 11.4. The van der Waals surface area contributed by atoms with E-state index in [9.17, 15) is 14.7 Å². The topological polar surface area (TPSA) is 103 Å². The van der Waals surface area contributed by atoms with Gasteiger partial charge in [0.25, 0.3) is 5.56 Å². The van der Waals surface area contributed by atoms with Crippen LogP contribution in [-0.4, -0.2) is 26.2 Å². The molecule has 2 aromatic rings. The highest BCUT2D eigenvalue weighted by Gasteiger charge is 2.10. The number of carboxylic acid groups (broad SMARTS) is 1. The average Bonchev–Trinajstić information content (AvgIpc) is 2.20. The van der Waals surface area contributed by atoms with Gasteiger partial charge in [0.15, 0.2) is 0 Å². The minimum Gasteiger partial charge on any atom is -0.508 e. The molecular formula is C10H8N2O4. The smallest absolute Gasteiger partial charge is 0.307 e. The number of rotatable bonds is 2. The molecule has 1 aromatic heterocycles. The van der Waals surface area contributed by atoms with Gasteiger partial charge in [0.05, 0.1) is 23.7 Å². The first-order chi connectivity index (χ1) is 7.58. The molecular weight excluding hydrogens is 212 g/mol. The fraction of sp³-hybridized carbons (Fsp3) is 0.100. The molecule has 2 rings (SSSR count). The minimum absolute atomic E-state index is 0.173. The second kappa shape index (κ2) is 3.65. The Balaban J connectivity index is 2.69. The molecule has 0 saturated heterocycles. The Hall–Kier alpha value is -2.37. The minimum atomic E-state index is -1.07. The van der Waals surface area contributed by atoms with E-state index in [4.69, 9.17) is 5.11 Å².